The third-order valence-corrected chi connectivity index (χ3v) is 6.22. The second-order valence-electron chi connectivity index (χ2n) is 5.10. The number of furan rings is 1. The van der Waals surface area contributed by atoms with E-state index in [9.17, 15) is 8.42 Å². The average molecular weight is 397 g/mol. The predicted molar refractivity (Wildman–Crippen MR) is 89.1 cm³/mol. The van der Waals surface area contributed by atoms with Crippen molar-refractivity contribution in [2.45, 2.75) is 43.2 Å². The Bertz CT molecular complexity index is 556. The van der Waals surface area contributed by atoms with Crippen LogP contribution in [0.2, 0.25) is 0 Å². The van der Waals surface area contributed by atoms with Gasteiger partial charge in [-0.25, -0.2) is 13.1 Å². The molecule has 5 nitrogen and oxygen atoms in total. The normalized spacial score (nSPS) is 15.5. The van der Waals surface area contributed by atoms with Crippen molar-refractivity contribution in [3.63, 3.8) is 0 Å². The van der Waals surface area contributed by atoms with Crippen LogP contribution in [0.4, 0.5) is 0 Å². The SMILES string of the molecule is CSCCCCNS(=O)(=O)c1cc(CNC2CC2)oc1Br. The van der Waals surface area contributed by atoms with Gasteiger partial charge in [-0.15, -0.1) is 0 Å². The Morgan fingerprint density at radius 1 is 1.43 bits per heavy atom. The fourth-order valence-electron chi connectivity index (χ4n) is 1.86. The van der Waals surface area contributed by atoms with Gasteiger partial charge in [-0.1, -0.05) is 0 Å². The van der Waals surface area contributed by atoms with Crippen LogP contribution in [-0.2, 0) is 16.6 Å². The summed E-state index contributed by atoms with van der Waals surface area (Å²) in [7, 11) is -3.51. The van der Waals surface area contributed by atoms with Gasteiger partial charge in [0.2, 0.25) is 10.0 Å². The van der Waals surface area contributed by atoms with Crippen LogP contribution in [0.5, 0.6) is 0 Å². The maximum Gasteiger partial charge on any atom is 0.244 e. The van der Waals surface area contributed by atoms with E-state index < -0.39 is 10.0 Å². The third-order valence-electron chi connectivity index (χ3n) is 3.21. The Morgan fingerprint density at radius 2 is 2.19 bits per heavy atom. The molecule has 0 radical (unpaired) electrons. The first-order valence-electron chi connectivity index (χ1n) is 7.03. The molecule has 0 atom stereocenters. The Kier molecular flexibility index (Phi) is 6.61. The molecule has 1 aromatic heterocycles. The van der Waals surface area contributed by atoms with Crippen LogP contribution in [0.1, 0.15) is 31.4 Å². The minimum Gasteiger partial charge on any atom is -0.452 e. The fourth-order valence-corrected chi connectivity index (χ4v) is 4.42. The van der Waals surface area contributed by atoms with Crippen molar-refractivity contribution < 1.29 is 12.8 Å². The summed E-state index contributed by atoms with van der Waals surface area (Å²) >= 11 is 4.96. The van der Waals surface area contributed by atoms with E-state index in [1.807, 2.05) is 6.26 Å². The van der Waals surface area contributed by atoms with Gasteiger partial charge in [-0.05, 0) is 53.6 Å². The maximum absolute atomic E-state index is 12.2. The summed E-state index contributed by atoms with van der Waals surface area (Å²) in [4.78, 5) is 0.181. The lowest BCUT2D eigenvalue weighted by Crippen LogP contribution is -2.24. The lowest BCUT2D eigenvalue weighted by atomic mass is 10.3. The molecule has 1 heterocycles. The minimum absolute atomic E-state index is 0.181. The molecule has 0 bridgehead atoms. The topological polar surface area (TPSA) is 71.3 Å². The summed E-state index contributed by atoms with van der Waals surface area (Å²) in [6, 6.07) is 2.15. The minimum atomic E-state index is -3.51. The molecule has 0 saturated heterocycles. The molecule has 8 heteroatoms. The molecule has 21 heavy (non-hydrogen) atoms. The Hall–Kier alpha value is -0.0200. The maximum atomic E-state index is 12.2. The second kappa shape index (κ2) is 8.01. The van der Waals surface area contributed by atoms with Gasteiger partial charge < -0.3 is 9.73 Å². The summed E-state index contributed by atoms with van der Waals surface area (Å²) in [5.74, 6) is 1.69. The quantitative estimate of drug-likeness (QED) is 0.594. The first kappa shape index (κ1) is 17.3. The zero-order chi connectivity index (χ0) is 15.3. The molecule has 1 aromatic rings. The van der Waals surface area contributed by atoms with Gasteiger partial charge >= 0.3 is 0 Å². The van der Waals surface area contributed by atoms with E-state index in [-0.39, 0.29) is 9.56 Å². The van der Waals surface area contributed by atoms with E-state index >= 15 is 0 Å². The van der Waals surface area contributed by atoms with Crippen molar-refractivity contribution in [2.24, 2.45) is 0 Å². The number of nitrogens with one attached hydrogen (secondary N) is 2. The first-order valence-corrected chi connectivity index (χ1v) is 10.7. The monoisotopic (exact) mass is 396 g/mol. The van der Waals surface area contributed by atoms with E-state index in [2.05, 4.69) is 26.0 Å². The molecule has 2 rings (SSSR count). The van der Waals surface area contributed by atoms with E-state index in [0.717, 1.165) is 18.6 Å². The van der Waals surface area contributed by atoms with E-state index in [0.29, 0.717) is 24.9 Å². The molecule has 1 saturated carbocycles. The van der Waals surface area contributed by atoms with Crippen LogP contribution in [0.3, 0.4) is 0 Å². The van der Waals surface area contributed by atoms with Gasteiger partial charge in [0.25, 0.3) is 0 Å². The van der Waals surface area contributed by atoms with Crippen LogP contribution in [-0.4, -0.2) is 33.0 Å². The van der Waals surface area contributed by atoms with Crippen LogP contribution in [0.15, 0.2) is 20.0 Å². The molecule has 0 unspecified atom stereocenters. The molecule has 1 aliphatic rings. The van der Waals surface area contributed by atoms with Gasteiger partial charge in [0, 0.05) is 18.7 Å². The largest absolute Gasteiger partial charge is 0.452 e. The van der Waals surface area contributed by atoms with E-state index in [4.69, 9.17) is 4.42 Å². The first-order chi connectivity index (χ1) is 10.0. The van der Waals surface area contributed by atoms with Gasteiger partial charge in [0.1, 0.15) is 10.7 Å². The molecule has 0 amide bonds. The molecule has 0 spiro atoms. The van der Waals surface area contributed by atoms with Gasteiger partial charge in [-0.2, -0.15) is 11.8 Å². The van der Waals surface area contributed by atoms with Crippen molar-refractivity contribution in [2.75, 3.05) is 18.6 Å². The Morgan fingerprint density at radius 3 is 2.86 bits per heavy atom. The molecule has 0 aliphatic heterocycles. The lowest BCUT2D eigenvalue weighted by molar-refractivity contribution is 0.460. The number of rotatable bonds is 10. The molecule has 0 aromatic carbocycles. The third kappa shape index (κ3) is 5.59. The highest BCUT2D eigenvalue weighted by atomic mass is 79.9. The number of hydrogen-bond acceptors (Lipinski definition) is 5. The second-order valence-corrected chi connectivity index (χ2v) is 8.54. The highest BCUT2D eigenvalue weighted by Crippen LogP contribution is 2.27. The van der Waals surface area contributed by atoms with Crippen LogP contribution < -0.4 is 10.0 Å². The number of halogens is 1. The van der Waals surface area contributed by atoms with E-state index in [1.54, 1.807) is 17.8 Å². The highest BCUT2D eigenvalue weighted by molar-refractivity contribution is 9.10. The van der Waals surface area contributed by atoms with Crippen molar-refractivity contribution >= 4 is 37.7 Å². The summed E-state index contributed by atoms with van der Waals surface area (Å²) in [5, 5.41) is 3.30. The summed E-state index contributed by atoms with van der Waals surface area (Å²) in [5.41, 5.74) is 0. The average Bonchev–Trinajstić information content (AvgIpc) is 3.18. The van der Waals surface area contributed by atoms with Crippen molar-refractivity contribution in [1.82, 2.24) is 10.0 Å². The Balaban J connectivity index is 1.88. The molecular formula is C13H21BrN2O3S2. The van der Waals surface area contributed by atoms with Gasteiger partial charge in [-0.3, -0.25) is 0 Å². The molecular weight excluding hydrogens is 376 g/mol. The van der Waals surface area contributed by atoms with Crippen molar-refractivity contribution in [3.05, 3.63) is 16.5 Å². The number of hydrogen-bond donors (Lipinski definition) is 2. The van der Waals surface area contributed by atoms with Gasteiger partial charge in [0.15, 0.2) is 4.67 Å². The number of sulfonamides is 1. The van der Waals surface area contributed by atoms with Crippen molar-refractivity contribution in [1.29, 1.82) is 0 Å². The smallest absolute Gasteiger partial charge is 0.244 e. The molecule has 1 aliphatic carbocycles. The molecule has 2 N–H and O–H groups in total. The molecule has 1 fully saturated rings. The fraction of sp³-hybridized carbons (Fsp3) is 0.692. The van der Waals surface area contributed by atoms with Crippen LogP contribution in [0.25, 0.3) is 0 Å². The molecule has 120 valence electrons. The zero-order valence-corrected chi connectivity index (χ0v) is 15.2. The van der Waals surface area contributed by atoms with Crippen molar-refractivity contribution in [3.8, 4) is 0 Å². The predicted octanol–water partition coefficient (Wildman–Crippen LogP) is 2.72. The number of thioether (sulfide) groups is 1. The van der Waals surface area contributed by atoms with Gasteiger partial charge in [0.05, 0.1) is 6.54 Å². The summed E-state index contributed by atoms with van der Waals surface area (Å²) in [6.45, 7) is 1.02. The lowest BCUT2D eigenvalue weighted by Gasteiger charge is -2.04. The van der Waals surface area contributed by atoms with E-state index in [1.165, 1.54) is 12.8 Å². The highest BCUT2D eigenvalue weighted by Gasteiger charge is 2.24. The standard InChI is InChI=1S/C13H21BrN2O3S2/c1-20-7-3-2-6-16-21(17,18)12-8-11(19-13(12)14)9-15-10-4-5-10/h8,10,15-16H,2-7,9H2,1H3. The number of unbranched alkanes of at least 4 members (excludes halogenated alkanes) is 1. The summed E-state index contributed by atoms with van der Waals surface area (Å²) < 4.78 is 32.8. The Labute approximate surface area is 138 Å². The summed E-state index contributed by atoms with van der Waals surface area (Å²) in [6.07, 6.45) is 6.26. The zero-order valence-electron chi connectivity index (χ0n) is 12.0. The van der Waals surface area contributed by atoms with Crippen LogP contribution >= 0.6 is 27.7 Å². The van der Waals surface area contributed by atoms with Crippen LogP contribution in [0, 0.1) is 0 Å².